The molecular weight excluding hydrogens is 466 g/mol. The van der Waals surface area contributed by atoms with E-state index in [2.05, 4.69) is 15.7 Å². The van der Waals surface area contributed by atoms with Gasteiger partial charge in [-0.2, -0.15) is 5.10 Å². The van der Waals surface area contributed by atoms with Crippen LogP contribution in [0.3, 0.4) is 0 Å². The van der Waals surface area contributed by atoms with Gasteiger partial charge in [0.15, 0.2) is 5.82 Å². The first-order valence-corrected chi connectivity index (χ1v) is 12.3. The zero-order chi connectivity index (χ0) is 25.3. The van der Waals surface area contributed by atoms with Crippen LogP contribution in [0.1, 0.15) is 49.8 Å². The third-order valence-corrected chi connectivity index (χ3v) is 7.14. The number of hydrogen-bond acceptors (Lipinski definition) is 5. The molecule has 9 heteroatoms. The van der Waals surface area contributed by atoms with Gasteiger partial charge >= 0.3 is 0 Å². The molecule has 2 aromatic carbocycles. The van der Waals surface area contributed by atoms with Gasteiger partial charge in [0.05, 0.1) is 12.1 Å². The van der Waals surface area contributed by atoms with Crippen LogP contribution in [0.15, 0.2) is 54.9 Å². The molecule has 2 heterocycles. The highest BCUT2D eigenvalue weighted by molar-refractivity contribution is 5.73. The zero-order valence-corrected chi connectivity index (χ0v) is 20.1. The maximum atomic E-state index is 15.0. The average Bonchev–Trinajstić information content (AvgIpc) is 3.34. The van der Waals surface area contributed by atoms with E-state index in [1.165, 1.54) is 29.8 Å². The molecule has 3 atom stereocenters. The van der Waals surface area contributed by atoms with Crippen LogP contribution in [0.2, 0.25) is 0 Å². The molecule has 7 nitrogen and oxygen atoms in total. The molecule has 0 radical (unpaired) electrons. The Bertz CT molecular complexity index is 1230. The molecule has 5 rings (SSSR count). The molecule has 1 aromatic heterocycles. The lowest BCUT2D eigenvalue weighted by atomic mass is 9.73. The lowest BCUT2D eigenvalue weighted by molar-refractivity contribution is -0.120. The number of hydrogen-bond donors (Lipinski definition) is 3. The van der Waals surface area contributed by atoms with Gasteiger partial charge in [0, 0.05) is 50.0 Å². The number of aromatic nitrogens is 2. The number of carbonyl (C=O) groups excluding carboxylic acids is 1. The fourth-order valence-electron chi connectivity index (χ4n) is 5.19. The number of rotatable bonds is 8. The number of benzene rings is 2. The predicted molar refractivity (Wildman–Crippen MR) is 130 cm³/mol. The lowest BCUT2D eigenvalue weighted by Crippen LogP contribution is -2.52. The zero-order valence-electron chi connectivity index (χ0n) is 20.1. The molecule has 1 aliphatic carbocycles. The number of halogens is 2. The first-order valence-electron chi connectivity index (χ1n) is 12.3. The summed E-state index contributed by atoms with van der Waals surface area (Å²) in [5.41, 5.74) is 1.46. The molecule has 1 fully saturated rings. The summed E-state index contributed by atoms with van der Waals surface area (Å²) in [5.74, 6) is -0.570. The number of aliphatic hydroxyl groups is 1. The summed E-state index contributed by atoms with van der Waals surface area (Å²) in [7, 11) is 0. The summed E-state index contributed by atoms with van der Waals surface area (Å²) in [6, 6.07) is 10.2. The van der Waals surface area contributed by atoms with E-state index in [9.17, 15) is 18.7 Å². The Morgan fingerprint density at radius 3 is 2.78 bits per heavy atom. The number of nitrogens with zero attached hydrogens (tertiary/aromatic N) is 2. The van der Waals surface area contributed by atoms with Crippen molar-refractivity contribution in [2.24, 2.45) is 0 Å². The summed E-state index contributed by atoms with van der Waals surface area (Å²) in [6.45, 7) is 1.56. The summed E-state index contributed by atoms with van der Waals surface area (Å²) in [5, 5.41) is 21.4. The van der Waals surface area contributed by atoms with E-state index in [-0.39, 0.29) is 36.3 Å². The SMILES string of the molecule is CC(=O)N[C@@H](Cc1cccc(F)c1)[C@@H](O)CN[C@H]1CC2(CCC2)Oc2cc(F)c(-n3cccn3)cc21. The Hall–Kier alpha value is -3.30. The number of aliphatic hydroxyl groups excluding tert-OH is 1. The van der Waals surface area contributed by atoms with Crippen molar-refractivity contribution in [2.75, 3.05) is 6.54 Å². The number of nitrogens with one attached hydrogen (secondary N) is 2. The predicted octanol–water partition coefficient (Wildman–Crippen LogP) is 3.59. The van der Waals surface area contributed by atoms with Crippen molar-refractivity contribution in [3.05, 3.63) is 77.6 Å². The fourth-order valence-corrected chi connectivity index (χ4v) is 5.19. The van der Waals surface area contributed by atoms with Gasteiger partial charge in [-0.05, 0) is 55.5 Å². The maximum Gasteiger partial charge on any atom is 0.217 e. The second kappa shape index (κ2) is 9.99. The van der Waals surface area contributed by atoms with Crippen LogP contribution >= 0.6 is 0 Å². The molecule has 190 valence electrons. The normalized spacial score (nSPS) is 19.6. The van der Waals surface area contributed by atoms with Gasteiger partial charge in [-0.1, -0.05) is 12.1 Å². The van der Waals surface area contributed by atoms with Gasteiger partial charge in [0.2, 0.25) is 5.91 Å². The van der Waals surface area contributed by atoms with E-state index in [4.69, 9.17) is 4.74 Å². The van der Waals surface area contributed by atoms with Crippen LogP contribution in [0, 0.1) is 11.6 Å². The van der Waals surface area contributed by atoms with Gasteiger partial charge in [0.1, 0.15) is 22.9 Å². The Balaban J connectivity index is 1.36. The molecular formula is C27H30F2N4O3. The third-order valence-electron chi connectivity index (χ3n) is 7.14. The fraction of sp³-hybridized carbons (Fsp3) is 0.407. The first kappa shape index (κ1) is 24.4. The van der Waals surface area contributed by atoms with Crippen molar-refractivity contribution < 1.29 is 23.4 Å². The van der Waals surface area contributed by atoms with Gasteiger partial charge < -0.3 is 20.5 Å². The number of amides is 1. The number of ether oxygens (including phenoxy) is 1. The largest absolute Gasteiger partial charge is 0.487 e. The van der Waals surface area contributed by atoms with Crippen molar-refractivity contribution in [2.45, 2.75) is 62.8 Å². The number of fused-ring (bicyclic) bond motifs is 1. The van der Waals surface area contributed by atoms with Crippen molar-refractivity contribution in [1.82, 2.24) is 20.4 Å². The Kier molecular flexibility index (Phi) is 6.77. The lowest BCUT2D eigenvalue weighted by Gasteiger charge is -2.48. The van der Waals surface area contributed by atoms with E-state index in [0.29, 0.717) is 23.4 Å². The molecule has 2 aliphatic rings. The van der Waals surface area contributed by atoms with Crippen LogP contribution in [0.5, 0.6) is 5.75 Å². The average molecular weight is 497 g/mol. The Morgan fingerprint density at radius 1 is 1.28 bits per heavy atom. The highest BCUT2D eigenvalue weighted by atomic mass is 19.1. The molecule has 0 bridgehead atoms. The van der Waals surface area contributed by atoms with Crippen molar-refractivity contribution in [1.29, 1.82) is 0 Å². The van der Waals surface area contributed by atoms with Gasteiger partial charge in [0.25, 0.3) is 0 Å². The van der Waals surface area contributed by atoms with Crippen LogP contribution in [0.4, 0.5) is 8.78 Å². The van der Waals surface area contributed by atoms with Gasteiger partial charge in [-0.3, -0.25) is 4.79 Å². The standard InChI is InChI=1S/C27H30F2N4O3/c1-17(34)32-22(12-18-5-2-6-19(28)11-18)25(35)16-30-23-15-27(7-3-8-27)36-26-14-21(29)24(13-20(23)26)33-10-4-9-31-33/h2,4-6,9-11,13-14,22-23,25,30,35H,3,7-8,12,15-16H2,1H3,(H,32,34)/t22-,23-,25-/m0/s1. The van der Waals surface area contributed by atoms with Gasteiger partial charge in [-0.15, -0.1) is 0 Å². The molecule has 3 N–H and O–H groups in total. The summed E-state index contributed by atoms with van der Waals surface area (Å²) < 4.78 is 36.4. The molecule has 0 unspecified atom stereocenters. The van der Waals surface area contributed by atoms with Crippen molar-refractivity contribution in [3.63, 3.8) is 0 Å². The summed E-state index contributed by atoms with van der Waals surface area (Å²) >= 11 is 0. The van der Waals surface area contributed by atoms with Crippen LogP contribution < -0.4 is 15.4 Å². The summed E-state index contributed by atoms with van der Waals surface area (Å²) in [4.78, 5) is 11.8. The van der Waals surface area contributed by atoms with E-state index in [1.807, 2.05) is 0 Å². The quantitative estimate of drug-likeness (QED) is 0.444. The second-order valence-electron chi connectivity index (χ2n) is 9.80. The van der Waals surface area contributed by atoms with E-state index in [1.54, 1.807) is 36.7 Å². The molecule has 3 aromatic rings. The highest BCUT2D eigenvalue weighted by Gasteiger charge is 2.46. The summed E-state index contributed by atoms with van der Waals surface area (Å²) in [6.07, 6.45) is 6.13. The smallest absolute Gasteiger partial charge is 0.217 e. The van der Waals surface area contributed by atoms with Crippen LogP contribution in [-0.2, 0) is 11.2 Å². The molecule has 1 saturated carbocycles. The molecule has 36 heavy (non-hydrogen) atoms. The molecule has 0 saturated heterocycles. The molecule has 1 amide bonds. The number of carbonyl (C=O) groups is 1. The van der Waals surface area contributed by atoms with E-state index < -0.39 is 18.0 Å². The topological polar surface area (TPSA) is 88.4 Å². The Morgan fingerprint density at radius 2 is 2.11 bits per heavy atom. The highest BCUT2D eigenvalue weighted by Crippen LogP contribution is 2.49. The van der Waals surface area contributed by atoms with Crippen molar-refractivity contribution >= 4 is 5.91 Å². The van der Waals surface area contributed by atoms with E-state index in [0.717, 1.165) is 24.8 Å². The molecule has 1 aliphatic heterocycles. The Labute approximate surface area is 208 Å². The van der Waals surface area contributed by atoms with E-state index >= 15 is 0 Å². The van der Waals surface area contributed by atoms with Crippen molar-refractivity contribution in [3.8, 4) is 11.4 Å². The van der Waals surface area contributed by atoms with Gasteiger partial charge in [-0.25, -0.2) is 13.5 Å². The minimum absolute atomic E-state index is 0.176. The monoisotopic (exact) mass is 496 g/mol. The van der Waals surface area contributed by atoms with Crippen LogP contribution in [-0.4, -0.2) is 45.1 Å². The molecule has 1 spiro atoms. The van der Waals surface area contributed by atoms with Crippen LogP contribution in [0.25, 0.3) is 5.69 Å². The maximum absolute atomic E-state index is 15.0. The first-order chi connectivity index (χ1) is 17.3. The second-order valence-corrected chi connectivity index (χ2v) is 9.80. The minimum Gasteiger partial charge on any atom is -0.487 e. The third kappa shape index (κ3) is 5.12. The minimum atomic E-state index is -0.938.